The Bertz CT molecular complexity index is 238. The number of amides is 2. The van der Waals surface area contributed by atoms with Crippen LogP contribution in [0.1, 0.15) is 12.8 Å². The number of rotatable bonds is 1. The Kier molecular flexibility index (Phi) is 4.50. The molecular formula is C9H15ClN2O3. The van der Waals surface area contributed by atoms with E-state index in [9.17, 15) is 9.59 Å². The lowest BCUT2D eigenvalue weighted by atomic mass is 10.1. The fraction of sp³-hybridized carbons (Fsp3) is 0.778. The molecule has 0 aliphatic carbocycles. The van der Waals surface area contributed by atoms with Crippen molar-refractivity contribution in [2.75, 3.05) is 26.3 Å². The Morgan fingerprint density at radius 3 is 2.47 bits per heavy atom. The fourth-order valence-corrected chi connectivity index (χ4v) is 1.96. The number of carbonyl (C=O) groups excluding carboxylic acids is 2. The molecule has 2 fully saturated rings. The Morgan fingerprint density at radius 2 is 1.93 bits per heavy atom. The lowest BCUT2D eigenvalue weighted by Crippen LogP contribution is -2.56. The minimum absolute atomic E-state index is 0. The van der Waals surface area contributed by atoms with Crippen LogP contribution >= 0.6 is 12.4 Å². The molecule has 1 unspecified atom stereocenters. The topological polar surface area (TPSA) is 58.6 Å². The summed E-state index contributed by atoms with van der Waals surface area (Å²) in [6.45, 7) is 1.78. The third kappa shape index (κ3) is 2.68. The number of imide groups is 1. The second kappa shape index (κ2) is 5.44. The number of nitrogens with one attached hydrogen (secondary N) is 1. The monoisotopic (exact) mass is 234 g/mol. The molecule has 2 saturated heterocycles. The van der Waals surface area contributed by atoms with Crippen LogP contribution in [0.4, 0.5) is 0 Å². The van der Waals surface area contributed by atoms with Gasteiger partial charge in [0.25, 0.3) is 11.8 Å². The van der Waals surface area contributed by atoms with Crippen molar-refractivity contribution < 1.29 is 14.3 Å². The van der Waals surface area contributed by atoms with Crippen molar-refractivity contribution in [1.82, 2.24) is 10.2 Å². The Morgan fingerprint density at radius 1 is 1.27 bits per heavy atom. The molecule has 1 N–H and O–H groups in total. The summed E-state index contributed by atoms with van der Waals surface area (Å²) in [4.78, 5) is 24.3. The van der Waals surface area contributed by atoms with Crippen molar-refractivity contribution in [2.24, 2.45) is 0 Å². The smallest absolute Gasteiger partial charge is 0.255 e. The summed E-state index contributed by atoms with van der Waals surface area (Å²) in [5, 5.41) is 3.19. The van der Waals surface area contributed by atoms with Gasteiger partial charge in [0.15, 0.2) is 0 Å². The van der Waals surface area contributed by atoms with Gasteiger partial charge in [-0.15, -0.1) is 12.4 Å². The van der Waals surface area contributed by atoms with Crippen molar-refractivity contribution in [1.29, 1.82) is 0 Å². The Labute approximate surface area is 94.5 Å². The minimum Gasteiger partial charge on any atom is -0.362 e. The zero-order valence-electron chi connectivity index (χ0n) is 8.40. The summed E-state index contributed by atoms with van der Waals surface area (Å²) in [5.74, 6) is -0.398. The van der Waals surface area contributed by atoms with Gasteiger partial charge in [-0.3, -0.25) is 14.5 Å². The molecule has 0 bridgehead atoms. The van der Waals surface area contributed by atoms with Crippen LogP contribution in [0.3, 0.4) is 0 Å². The van der Waals surface area contributed by atoms with Crippen molar-refractivity contribution in [3.63, 3.8) is 0 Å². The highest BCUT2D eigenvalue weighted by molar-refractivity contribution is 5.98. The van der Waals surface area contributed by atoms with Gasteiger partial charge in [-0.25, -0.2) is 0 Å². The van der Waals surface area contributed by atoms with Gasteiger partial charge in [0.1, 0.15) is 13.2 Å². The lowest BCUT2D eigenvalue weighted by Gasteiger charge is -2.35. The molecule has 15 heavy (non-hydrogen) atoms. The van der Waals surface area contributed by atoms with Crippen LogP contribution in [-0.2, 0) is 14.3 Å². The van der Waals surface area contributed by atoms with Crippen LogP contribution in [-0.4, -0.2) is 49.1 Å². The zero-order valence-corrected chi connectivity index (χ0v) is 9.22. The van der Waals surface area contributed by atoms with E-state index in [0.717, 1.165) is 25.9 Å². The van der Waals surface area contributed by atoms with Crippen LogP contribution in [0.15, 0.2) is 0 Å². The van der Waals surface area contributed by atoms with E-state index >= 15 is 0 Å². The van der Waals surface area contributed by atoms with Gasteiger partial charge in [-0.2, -0.15) is 0 Å². The third-order valence-corrected chi connectivity index (χ3v) is 2.62. The second-order valence-corrected chi connectivity index (χ2v) is 3.65. The maximum atomic E-state index is 11.5. The van der Waals surface area contributed by atoms with Crippen molar-refractivity contribution >= 4 is 24.2 Å². The molecule has 2 amide bonds. The first-order chi connectivity index (χ1) is 6.79. The van der Waals surface area contributed by atoms with Gasteiger partial charge in [-0.05, 0) is 19.4 Å². The number of carbonyl (C=O) groups is 2. The highest BCUT2D eigenvalue weighted by Crippen LogP contribution is 2.13. The van der Waals surface area contributed by atoms with Gasteiger partial charge < -0.3 is 10.1 Å². The summed E-state index contributed by atoms with van der Waals surface area (Å²) in [7, 11) is 0. The molecule has 5 nitrogen and oxygen atoms in total. The number of piperidine rings is 1. The summed E-state index contributed by atoms with van der Waals surface area (Å²) in [5.41, 5.74) is 0. The molecule has 0 spiro atoms. The summed E-state index contributed by atoms with van der Waals surface area (Å²) < 4.78 is 4.85. The normalized spacial score (nSPS) is 27.5. The molecule has 0 saturated carbocycles. The Balaban J connectivity index is 0.00000112. The first-order valence-electron chi connectivity index (χ1n) is 4.92. The van der Waals surface area contributed by atoms with E-state index in [0.29, 0.717) is 0 Å². The van der Waals surface area contributed by atoms with Gasteiger partial charge in [0.05, 0.1) is 6.04 Å². The average molecular weight is 235 g/mol. The van der Waals surface area contributed by atoms with E-state index in [4.69, 9.17) is 4.74 Å². The van der Waals surface area contributed by atoms with Crippen LogP contribution in [0.5, 0.6) is 0 Å². The average Bonchev–Trinajstić information content (AvgIpc) is 2.19. The van der Waals surface area contributed by atoms with Gasteiger partial charge in [0, 0.05) is 6.54 Å². The summed E-state index contributed by atoms with van der Waals surface area (Å²) in [6, 6.07) is 0.0349. The molecule has 6 heteroatoms. The van der Waals surface area contributed by atoms with Crippen LogP contribution < -0.4 is 5.32 Å². The fourth-order valence-electron chi connectivity index (χ4n) is 1.96. The van der Waals surface area contributed by atoms with E-state index in [1.807, 2.05) is 0 Å². The van der Waals surface area contributed by atoms with E-state index in [1.165, 1.54) is 4.90 Å². The molecule has 1 atom stereocenters. The number of nitrogens with zero attached hydrogens (tertiary/aromatic N) is 1. The molecule has 2 aliphatic rings. The molecule has 86 valence electrons. The lowest BCUT2D eigenvalue weighted by molar-refractivity contribution is -0.161. The number of halogens is 1. The van der Waals surface area contributed by atoms with Crippen molar-refractivity contribution in [3.05, 3.63) is 0 Å². The summed E-state index contributed by atoms with van der Waals surface area (Å²) >= 11 is 0. The van der Waals surface area contributed by atoms with Gasteiger partial charge in [-0.1, -0.05) is 0 Å². The number of hydrogen-bond donors (Lipinski definition) is 1. The summed E-state index contributed by atoms with van der Waals surface area (Å²) in [6.07, 6.45) is 1.92. The number of morpholine rings is 1. The first-order valence-corrected chi connectivity index (χ1v) is 4.92. The van der Waals surface area contributed by atoms with Crippen LogP contribution in [0, 0.1) is 0 Å². The quantitative estimate of drug-likeness (QED) is 0.625. The minimum atomic E-state index is -0.199. The molecule has 0 aromatic rings. The van der Waals surface area contributed by atoms with Crippen molar-refractivity contribution in [2.45, 2.75) is 18.9 Å². The molecule has 0 aromatic heterocycles. The predicted molar refractivity (Wildman–Crippen MR) is 55.8 cm³/mol. The van der Waals surface area contributed by atoms with E-state index in [-0.39, 0.29) is 43.5 Å². The molecule has 2 aliphatic heterocycles. The SMILES string of the molecule is Cl.O=C1COCC(=O)N1C1CCCNC1. The van der Waals surface area contributed by atoms with Crippen LogP contribution in [0.2, 0.25) is 0 Å². The number of ether oxygens (including phenoxy) is 1. The standard InChI is InChI=1S/C9H14N2O3.ClH/c12-8-5-14-6-9(13)11(8)7-2-1-3-10-4-7;/h7,10H,1-6H2;1H. The van der Waals surface area contributed by atoms with E-state index < -0.39 is 0 Å². The molecule has 2 heterocycles. The van der Waals surface area contributed by atoms with Crippen molar-refractivity contribution in [3.8, 4) is 0 Å². The second-order valence-electron chi connectivity index (χ2n) is 3.65. The molecule has 0 radical (unpaired) electrons. The Hall–Kier alpha value is -0.650. The van der Waals surface area contributed by atoms with E-state index in [1.54, 1.807) is 0 Å². The highest BCUT2D eigenvalue weighted by atomic mass is 35.5. The first kappa shape index (κ1) is 12.4. The third-order valence-electron chi connectivity index (χ3n) is 2.62. The molecular weight excluding hydrogens is 220 g/mol. The maximum Gasteiger partial charge on any atom is 0.255 e. The van der Waals surface area contributed by atoms with Gasteiger partial charge in [0.2, 0.25) is 0 Å². The molecule has 2 rings (SSSR count). The van der Waals surface area contributed by atoms with Crippen LogP contribution in [0.25, 0.3) is 0 Å². The largest absolute Gasteiger partial charge is 0.362 e. The predicted octanol–water partition coefficient (Wildman–Crippen LogP) is -0.454. The van der Waals surface area contributed by atoms with Gasteiger partial charge >= 0.3 is 0 Å². The highest BCUT2D eigenvalue weighted by Gasteiger charge is 2.33. The number of hydrogen-bond acceptors (Lipinski definition) is 4. The molecule has 0 aromatic carbocycles. The maximum absolute atomic E-state index is 11.5. The zero-order chi connectivity index (χ0) is 9.97. The van der Waals surface area contributed by atoms with E-state index in [2.05, 4.69) is 5.32 Å².